The zero-order valence-electron chi connectivity index (χ0n) is 11.4. The van der Waals surface area contributed by atoms with Gasteiger partial charge in [0.25, 0.3) is 0 Å². The third-order valence-corrected chi connectivity index (χ3v) is 4.17. The number of pyridine rings is 1. The first-order chi connectivity index (χ1) is 8.74. The zero-order valence-corrected chi connectivity index (χ0v) is 11.4. The van der Waals surface area contributed by atoms with Crippen LogP contribution in [0.25, 0.3) is 0 Å². The summed E-state index contributed by atoms with van der Waals surface area (Å²) in [5.41, 5.74) is 3.59. The molecule has 1 aromatic rings. The van der Waals surface area contributed by atoms with Gasteiger partial charge in [-0.05, 0) is 50.8 Å². The highest BCUT2D eigenvalue weighted by atomic mass is 15.2. The maximum atomic E-state index is 4.73. The SMILES string of the molecule is CNc1cc(C)nc(C2CCN(CC3CC3)C2)c1. The molecule has 3 rings (SSSR count). The van der Waals surface area contributed by atoms with E-state index in [0.29, 0.717) is 5.92 Å². The van der Waals surface area contributed by atoms with Crippen LogP contribution in [0, 0.1) is 12.8 Å². The van der Waals surface area contributed by atoms with E-state index >= 15 is 0 Å². The number of likely N-dealkylation sites (tertiary alicyclic amines) is 1. The lowest BCUT2D eigenvalue weighted by molar-refractivity contribution is 0.320. The summed E-state index contributed by atoms with van der Waals surface area (Å²) < 4.78 is 0. The van der Waals surface area contributed by atoms with Crippen LogP contribution in [0.5, 0.6) is 0 Å². The van der Waals surface area contributed by atoms with Crippen molar-refractivity contribution in [2.24, 2.45) is 5.92 Å². The van der Waals surface area contributed by atoms with Crippen LogP contribution >= 0.6 is 0 Å². The molecule has 1 N–H and O–H groups in total. The van der Waals surface area contributed by atoms with Gasteiger partial charge in [0.15, 0.2) is 0 Å². The molecule has 1 aliphatic heterocycles. The van der Waals surface area contributed by atoms with E-state index in [1.165, 1.54) is 50.3 Å². The normalized spacial score (nSPS) is 24.4. The minimum atomic E-state index is 0.635. The Morgan fingerprint density at radius 1 is 1.33 bits per heavy atom. The number of aromatic nitrogens is 1. The van der Waals surface area contributed by atoms with Gasteiger partial charge in [-0.2, -0.15) is 0 Å². The van der Waals surface area contributed by atoms with Crippen LogP contribution in [0.1, 0.15) is 36.6 Å². The molecule has 0 amide bonds. The van der Waals surface area contributed by atoms with E-state index < -0.39 is 0 Å². The van der Waals surface area contributed by atoms with E-state index in [4.69, 9.17) is 4.98 Å². The molecule has 18 heavy (non-hydrogen) atoms. The summed E-state index contributed by atoms with van der Waals surface area (Å²) in [6.07, 6.45) is 4.17. The van der Waals surface area contributed by atoms with E-state index in [1.807, 2.05) is 7.05 Å². The number of anilines is 1. The topological polar surface area (TPSA) is 28.2 Å². The summed E-state index contributed by atoms with van der Waals surface area (Å²) in [7, 11) is 1.98. The van der Waals surface area contributed by atoms with Crippen LogP contribution in [0.3, 0.4) is 0 Å². The highest BCUT2D eigenvalue weighted by molar-refractivity contribution is 5.45. The number of hydrogen-bond acceptors (Lipinski definition) is 3. The molecule has 1 saturated carbocycles. The van der Waals surface area contributed by atoms with Gasteiger partial charge in [0, 0.05) is 43.1 Å². The van der Waals surface area contributed by atoms with Crippen molar-refractivity contribution in [1.82, 2.24) is 9.88 Å². The third kappa shape index (κ3) is 2.66. The van der Waals surface area contributed by atoms with Crippen LogP contribution in [-0.4, -0.2) is 36.6 Å². The lowest BCUT2D eigenvalue weighted by Crippen LogP contribution is -2.23. The molecule has 0 aromatic carbocycles. The molecule has 1 saturated heterocycles. The Morgan fingerprint density at radius 3 is 2.89 bits per heavy atom. The molecule has 3 nitrogen and oxygen atoms in total. The molecule has 0 bridgehead atoms. The maximum Gasteiger partial charge on any atom is 0.0471 e. The van der Waals surface area contributed by atoms with Crippen molar-refractivity contribution in [2.75, 3.05) is 32.0 Å². The molecule has 1 aliphatic carbocycles. The average molecular weight is 245 g/mol. The molecule has 1 aromatic heterocycles. The van der Waals surface area contributed by atoms with Gasteiger partial charge < -0.3 is 10.2 Å². The summed E-state index contributed by atoms with van der Waals surface area (Å²) in [4.78, 5) is 7.36. The molecule has 1 atom stereocenters. The third-order valence-electron chi connectivity index (χ3n) is 4.17. The van der Waals surface area contributed by atoms with E-state index in [1.54, 1.807) is 0 Å². The molecule has 2 aliphatic rings. The summed E-state index contributed by atoms with van der Waals surface area (Å²) in [5.74, 6) is 1.64. The van der Waals surface area contributed by atoms with Crippen LogP contribution in [0.2, 0.25) is 0 Å². The smallest absolute Gasteiger partial charge is 0.0471 e. The zero-order chi connectivity index (χ0) is 12.5. The fourth-order valence-electron chi connectivity index (χ4n) is 2.95. The predicted octanol–water partition coefficient (Wildman–Crippen LogP) is 2.63. The van der Waals surface area contributed by atoms with Crippen LogP contribution in [0.4, 0.5) is 5.69 Å². The Kier molecular flexibility index (Phi) is 3.25. The Balaban J connectivity index is 1.68. The molecule has 3 heteroatoms. The van der Waals surface area contributed by atoms with Crippen LogP contribution in [0.15, 0.2) is 12.1 Å². The first-order valence-corrected chi connectivity index (χ1v) is 7.13. The molecule has 98 valence electrons. The number of aryl methyl sites for hydroxylation is 1. The molecule has 2 fully saturated rings. The van der Waals surface area contributed by atoms with Gasteiger partial charge in [0.1, 0.15) is 0 Å². The maximum absolute atomic E-state index is 4.73. The number of nitrogens with zero attached hydrogens (tertiary/aromatic N) is 2. The fraction of sp³-hybridized carbons (Fsp3) is 0.667. The van der Waals surface area contributed by atoms with E-state index in [-0.39, 0.29) is 0 Å². The second kappa shape index (κ2) is 4.88. The Hall–Kier alpha value is -1.09. The standard InChI is InChI=1S/C15H23N3/c1-11-7-14(16-2)8-15(17-11)13-5-6-18(10-13)9-12-3-4-12/h7-8,12-13H,3-6,9-10H2,1-2H3,(H,16,17). The molecule has 0 radical (unpaired) electrons. The predicted molar refractivity (Wildman–Crippen MR) is 75.0 cm³/mol. The second-order valence-electron chi connectivity index (χ2n) is 5.86. The van der Waals surface area contributed by atoms with Crippen molar-refractivity contribution >= 4 is 5.69 Å². The lowest BCUT2D eigenvalue weighted by Gasteiger charge is -2.16. The number of nitrogens with one attached hydrogen (secondary N) is 1. The van der Waals surface area contributed by atoms with E-state index in [2.05, 4.69) is 29.3 Å². The Bertz CT molecular complexity index is 426. The van der Waals surface area contributed by atoms with E-state index in [0.717, 1.165) is 11.6 Å². The summed E-state index contributed by atoms with van der Waals surface area (Å²) in [6.45, 7) is 5.87. The first-order valence-electron chi connectivity index (χ1n) is 7.13. The van der Waals surface area contributed by atoms with Crippen molar-refractivity contribution in [3.05, 3.63) is 23.5 Å². The summed E-state index contributed by atoms with van der Waals surface area (Å²) in [6, 6.07) is 4.33. The summed E-state index contributed by atoms with van der Waals surface area (Å²) in [5, 5.41) is 3.23. The minimum Gasteiger partial charge on any atom is -0.388 e. The van der Waals surface area contributed by atoms with Gasteiger partial charge >= 0.3 is 0 Å². The number of hydrogen-bond donors (Lipinski definition) is 1. The van der Waals surface area contributed by atoms with Gasteiger partial charge in [-0.1, -0.05) is 0 Å². The summed E-state index contributed by atoms with van der Waals surface area (Å²) >= 11 is 0. The van der Waals surface area contributed by atoms with Crippen molar-refractivity contribution in [3.63, 3.8) is 0 Å². The molecule has 2 heterocycles. The second-order valence-corrected chi connectivity index (χ2v) is 5.86. The van der Waals surface area contributed by atoms with Crippen molar-refractivity contribution in [2.45, 2.75) is 32.1 Å². The average Bonchev–Trinajstić information content (AvgIpc) is 3.04. The van der Waals surface area contributed by atoms with Gasteiger partial charge in [-0.15, -0.1) is 0 Å². The molecular weight excluding hydrogens is 222 g/mol. The molecule has 1 unspecified atom stereocenters. The number of rotatable bonds is 4. The highest BCUT2D eigenvalue weighted by Crippen LogP contribution is 2.34. The fourth-order valence-corrected chi connectivity index (χ4v) is 2.95. The van der Waals surface area contributed by atoms with Crippen molar-refractivity contribution in [3.8, 4) is 0 Å². The minimum absolute atomic E-state index is 0.635. The van der Waals surface area contributed by atoms with Gasteiger partial charge in [0.05, 0.1) is 0 Å². The monoisotopic (exact) mass is 245 g/mol. The molecular formula is C15H23N3. The largest absolute Gasteiger partial charge is 0.388 e. The quantitative estimate of drug-likeness (QED) is 0.884. The highest BCUT2D eigenvalue weighted by Gasteiger charge is 2.30. The van der Waals surface area contributed by atoms with Gasteiger partial charge in [0.2, 0.25) is 0 Å². The Morgan fingerprint density at radius 2 is 2.17 bits per heavy atom. The first kappa shape index (κ1) is 12.0. The van der Waals surface area contributed by atoms with Gasteiger partial charge in [-0.3, -0.25) is 4.98 Å². The van der Waals surface area contributed by atoms with Crippen LogP contribution < -0.4 is 5.32 Å². The van der Waals surface area contributed by atoms with Crippen molar-refractivity contribution < 1.29 is 0 Å². The van der Waals surface area contributed by atoms with Crippen molar-refractivity contribution in [1.29, 1.82) is 0 Å². The molecule has 0 spiro atoms. The van der Waals surface area contributed by atoms with E-state index in [9.17, 15) is 0 Å². The van der Waals surface area contributed by atoms with Crippen LogP contribution in [-0.2, 0) is 0 Å². The lowest BCUT2D eigenvalue weighted by atomic mass is 10.0. The van der Waals surface area contributed by atoms with Gasteiger partial charge in [-0.25, -0.2) is 0 Å². The Labute approximate surface area is 110 Å².